The molecule has 0 aliphatic heterocycles. The molecule has 0 N–H and O–H groups in total. The molecule has 170 valence electrons. The molecule has 6 heteroatoms. The molecule has 0 amide bonds. The van der Waals surface area contributed by atoms with Gasteiger partial charge in [-0.15, -0.1) is 0 Å². The number of unbranched alkanes of at least 4 members (excludes halogenated alkanes) is 1. The van der Waals surface area contributed by atoms with Gasteiger partial charge in [-0.05, 0) is 57.8 Å². The van der Waals surface area contributed by atoms with Crippen molar-refractivity contribution < 1.29 is 23.6 Å². The Balaban J connectivity index is 2.10. The summed E-state index contributed by atoms with van der Waals surface area (Å²) in [6.45, 7) is 14.7. The van der Waals surface area contributed by atoms with Gasteiger partial charge in [0.05, 0.1) is 18.7 Å². The summed E-state index contributed by atoms with van der Waals surface area (Å²) in [5, 5.41) is 4.15. The van der Waals surface area contributed by atoms with E-state index in [0.717, 1.165) is 32.1 Å². The highest BCUT2D eigenvalue weighted by molar-refractivity contribution is 5.92. The predicted molar refractivity (Wildman–Crippen MR) is 115 cm³/mol. The summed E-state index contributed by atoms with van der Waals surface area (Å²) in [5.74, 6) is 0.744. The van der Waals surface area contributed by atoms with Crippen LogP contribution in [0.3, 0.4) is 0 Å². The largest absolute Gasteiger partial charge is 0.462 e. The first kappa shape index (κ1) is 24.4. The smallest absolute Gasteiger partial charge is 0.343 e. The summed E-state index contributed by atoms with van der Waals surface area (Å²) in [5.41, 5.74) is 0.671. The highest BCUT2D eigenvalue weighted by Gasteiger charge is 2.39. The molecule has 0 spiro atoms. The molecule has 1 aromatic heterocycles. The molecule has 0 aromatic carbocycles. The molecule has 1 aliphatic carbocycles. The van der Waals surface area contributed by atoms with Gasteiger partial charge in [0.2, 0.25) is 0 Å². The van der Waals surface area contributed by atoms with E-state index < -0.39 is 11.6 Å². The Kier molecular flexibility index (Phi) is 8.12. The van der Waals surface area contributed by atoms with Crippen LogP contribution in [-0.2, 0) is 20.7 Å². The van der Waals surface area contributed by atoms with Crippen molar-refractivity contribution in [1.29, 1.82) is 0 Å². The van der Waals surface area contributed by atoms with Crippen LogP contribution < -0.4 is 0 Å². The molecule has 2 rings (SSSR count). The molecule has 6 nitrogen and oxygen atoms in total. The number of nitrogens with zero attached hydrogens (tertiary/aromatic N) is 1. The normalized spacial score (nSPS) is 19.3. The molecule has 1 fully saturated rings. The molecule has 1 aliphatic rings. The average Bonchev–Trinajstić information content (AvgIpc) is 2.97. The minimum absolute atomic E-state index is 0.149. The lowest BCUT2D eigenvalue weighted by Crippen LogP contribution is -2.27. The highest BCUT2D eigenvalue weighted by atomic mass is 16.6. The molecule has 30 heavy (non-hydrogen) atoms. The SMILES string of the molecule is CCCCOC(=O)c1c(CCC(=O)OC(C)(C)C)noc1C1CC(CC(C)(C)C)C1. The van der Waals surface area contributed by atoms with Crippen LogP contribution in [0.2, 0.25) is 0 Å². The van der Waals surface area contributed by atoms with Crippen LogP contribution in [-0.4, -0.2) is 29.3 Å². The van der Waals surface area contributed by atoms with Crippen molar-refractivity contribution >= 4 is 11.9 Å². The average molecular weight is 422 g/mol. The van der Waals surface area contributed by atoms with Gasteiger partial charge in [-0.25, -0.2) is 4.79 Å². The van der Waals surface area contributed by atoms with Crippen molar-refractivity contribution in [3.63, 3.8) is 0 Å². The molecule has 0 atom stereocenters. The Morgan fingerprint density at radius 1 is 1.13 bits per heavy atom. The predicted octanol–water partition coefficient (Wildman–Crippen LogP) is 5.84. The van der Waals surface area contributed by atoms with Crippen LogP contribution in [0.5, 0.6) is 0 Å². The van der Waals surface area contributed by atoms with Gasteiger partial charge in [0.1, 0.15) is 11.2 Å². The molecule has 1 heterocycles. The van der Waals surface area contributed by atoms with E-state index in [1.165, 1.54) is 0 Å². The quantitative estimate of drug-likeness (QED) is 0.368. The van der Waals surface area contributed by atoms with Crippen LogP contribution in [0.25, 0.3) is 0 Å². The second kappa shape index (κ2) is 9.97. The molecule has 0 radical (unpaired) electrons. The summed E-state index contributed by atoms with van der Waals surface area (Å²) < 4.78 is 16.5. The summed E-state index contributed by atoms with van der Waals surface area (Å²) in [4.78, 5) is 24.9. The number of carbonyl (C=O) groups is 2. The summed E-state index contributed by atoms with van der Waals surface area (Å²) >= 11 is 0. The number of hydrogen-bond donors (Lipinski definition) is 0. The number of carbonyl (C=O) groups excluding carboxylic acids is 2. The Morgan fingerprint density at radius 3 is 2.37 bits per heavy atom. The van der Waals surface area contributed by atoms with Gasteiger partial charge in [0.25, 0.3) is 0 Å². The van der Waals surface area contributed by atoms with Gasteiger partial charge in [-0.2, -0.15) is 0 Å². The molecule has 0 saturated heterocycles. The van der Waals surface area contributed by atoms with Crippen molar-refractivity contribution in [3.05, 3.63) is 17.0 Å². The zero-order chi connectivity index (χ0) is 22.5. The maximum absolute atomic E-state index is 12.8. The van der Waals surface area contributed by atoms with Crippen molar-refractivity contribution in [3.8, 4) is 0 Å². The van der Waals surface area contributed by atoms with Gasteiger partial charge < -0.3 is 14.0 Å². The maximum Gasteiger partial charge on any atom is 0.343 e. The van der Waals surface area contributed by atoms with Gasteiger partial charge in [0, 0.05) is 12.3 Å². The minimum atomic E-state index is -0.540. The monoisotopic (exact) mass is 421 g/mol. The Labute approximate surface area is 181 Å². The Morgan fingerprint density at radius 2 is 1.80 bits per heavy atom. The minimum Gasteiger partial charge on any atom is -0.462 e. The fraction of sp³-hybridized carbons (Fsp3) is 0.792. The second-order valence-electron chi connectivity index (χ2n) is 10.7. The Hall–Kier alpha value is -1.85. The van der Waals surface area contributed by atoms with Crippen molar-refractivity contribution in [1.82, 2.24) is 5.16 Å². The van der Waals surface area contributed by atoms with Crippen molar-refractivity contribution in [2.45, 2.75) is 105 Å². The molecular weight excluding hydrogens is 382 g/mol. The molecule has 1 aromatic rings. The third kappa shape index (κ3) is 7.44. The number of hydrogen-bond acceptors (Lipinski definition) is 6. The van der Waals surface area contributed by atoms with Crippen LogP contribution in [0.4, 0.5) is 0 Å². The van der Waals surface area contributed by atoms with E-state index in [1.54, 1.807) is 0 Å². The van der Waals surface area contributed by atoms with E-state index in [1.807, 2.05) is 20.8 Å². The molecular formula is C24H39NO5. The van der Waals surface area contributed by atoms with Gasteiger partial charge in [0.15, 0.2) is 5.76 Å². The zero-order valence-corrected chi connectivity index (χ0v) is 19.8. The summed E-state index contributed by atoms with van der Waals surface area (Å²) in [6.07, 6.45) is 5.35. The standard InChI is InChI=1S/C24H39NO5/c1-8-9-12-28-22(27)20-18(10-11-19(26)29-24(5,6)7)25-30-21(20)17-13-16(14-17)15-23(2,3)4/h16-17H,8-15H2,1-7H3. The van der Waals surface area contributed by atoms with Crippen LogP contribution in [0.1, 0.15) is 115 Å². The highest BCUT2D eigenvalue weighted by Crippen LogP contribution is 2.48. The maximum atomic E-state index is 12.8. The van der Waals surface area contributed by atoms with E-state index in [-0.39, 0.29) is 23.7 Å². The number of ether oxygens (including phenoxy) is 2. The van der Waals surface area contributed by atoms with Gasteiger partial charge in [-0.3, -0.25) is 4.79 Å². The lowest BCUT2D eigenvalue weighted by molar-refractivity contribution is -0.154. The van der Waals surface area contributed by atoms with Crippen LogP contribution in [0, 0.1) is 11.3 Å². The van der Waals surface area contributed by atoms with Crippen LogP contribution in [0.15, 0.2) is 4.52 Å². The molecule has 0 bridgehead atoms. The summed E-state index contributed by atoms with van der Waals surface area (Å²) in [6, 6.07) is 0. The van der Waals surface area contributed by atoms with Crippen LogP contribution >= 0.6 is 0 Å². The molecule has 1 saturated carbocycles. The number of aryl methyl sites for hydroxylation is 1. The lowest BCUT2D eigenvalue weighted by atomic mass is 9.67. The van der Waals surface area contributed by atoms with E-state index in [2.05, 4.69) is 32.9 Å². The first-order valence-electron chi connectivity index (χ1n) is 11.3. The zero-order valence-electron chi connectivity index (χ0n) is 19.8. The number of esters is 2. The van der Waals surface area contributed by atoms with Crippen molar-refractivity contribution in [2.24, 2.45) is 11.3 Å². The third-order valence-corrected chi connectivity index (χ3v) is 5.22. The lowest BCUT2D eigenvalue weighted by Gasteiger charge is -2.37. The van der Waals surface area contributed by atoms with E-state index in [4.69, 9.17) is 14.0 Å². The second-order valence-corrected chi connectivity index (χ2v) is 10.7. The van der Waals surface area contributed by atoms with E-state index in [0.29, 0.717) is 36.0 Å². The van der Waals surface area contributed by atoms with Gasteiger partial charge >= 0.3 is 11.9 Å². The number of aromatic nitrogens is 1. The number of rotatable bonds is 9. The molecule has 0 unspecified atom stereocenters. The van der Waals surface area contributed by atoms with E-state index >= 15 is 0 Å². The Bertz CT molecular complexity index is 717. The van der Waals surface area contributed by atoms with Crippen molar-refractivity contribution in [2.75, 3.05) is 6.61 Å². The van der Waals surface area contributed by atoms with Gasteiger partial charge in [-0.1, -0.05) is 39.3 Å². The fourth-order valence-corrected chi connectivity index (χ4v) is 3.98. The third-order valence-electron chi connectivity index (χ3n) is 5.22. The van der Waals surface area contributed by atoms with E-state index in [9.17, 15) is 9.59 Å². The first-order valence-corrected chi connectivity index (χ1v) is 11.3. The fourth-order valence-electron chi connectivity index (χ4n) is 3.98. The summed E-state index contributed by atoms with van der Waals surface area (Å²) in [7, 11) is 0. The first-order chi connectivity index (χ1) is 13.9. The topological polar surface area (TPSA) is 78.6 Å².